The second kappa shape index (κ2) is 7.43. The highest BCUT2D eigenvalue weighted by Gasteiger charge is 2.29. The molecule has 1 N–H and O–H groups in total. The van der Waals surface area contributed by atoms with Crippen LogP contribution in [0.5, 0.6) is 0 Å². The van der Waals surface area contributed by atoms with Crippen molar-refractivity contribution in [3.8, 4) is 0 Å². The van der Waals surface area contributed by atoms with E-state index in [1.807, 2.05) is 30.0 Å². The van der Waals surface area contributed by atoms with Gasteiger partial charge in [0.25, 0.3) is 5.91 Å². The molecule has 2 saturated heterocycles. The predicted molar refractivity (Wildman–Crippen MR) is 88.2 cm³/mol. The van der Waals surface area contributed by atoms with E-state index in [4.69, 9.17) is 4.74 Å². The first-order chi connectivity index (χ1) is 11.1. The molecule has 3 rings (SSSR count). The average Bonchev–Trinajstić information content (AvgIpc) is 3.06. The second-order valence-corrected chi connectivity index (χ2v) is 6.63. The fourth-order valence-corrected chi connectivity index (χ4v) is 3.37. The number of amides is 1. The Labute approximate surface area is 137 Å². The van der Waals surface area contributed by atoms with Gasteiger partial charge in [-0.3, -0.25) is 9.69 Å². The number of aliphatic hydroxyl groups is 1. The molecule has 126 valence electrons. The van der Waals surface area contributed by atoms with Crippen LogP contribution in [0.25, 0.3) is 0 Å². The molecule has 23 heavy (non-hydrogen) atoms. The van der Waals surface area contributed by atoms with Crippen molar-refractivity contribution in [2.75, 3.05) is 39.4 Å². The van der Waals surface area contributed by atoms with Gasteiger partial charge in [0, 0.05) is 44.2 Å². The fourth-order valence-electron chi connectivity index (χ4n) is 3.37. The van der Waals surface area contributed by atoms with Gasteiger partial charge >= 0.3 is 0 Å². The van der Waals surface area contributed by atoms with Crippen molar-refractivity contribution >= 4 is 5.91 Å². The summed E-state index contributed by atoms with van der Waals surface area (Å²) in [7, 11) is 0. The van der Waals surface area contributed by atoms with Crippen molar-refractivity contribution in [3.63, 3.8) is 0 Å². The van der Waals surface area contributed by atoms with Crippen LogP contribution in [0.2, 0.25) is 0 Å². The number of nitrogens with zero attached hydrogens (tertiary/aromatic N) is 2. The maximum atomic E-state index is 12.7. The summed E-state index contributed by atoms with van der Waals surface area (Å²) in [5.41, 5.74) is 1.92. The quantitative estimate of drug-likeness (QED) is 0.911. The zero-order chi connectivity index (χ0) is 16.2. The number of hydrogen-bond acceptors (Lipinski definition) is 4. The monoisotopic (exact) mass is 318 g/mol. The zero-order valence-corrected chi connectivity index (χ0v) is 13.8. The zero-order valence-electron chi connectivity index (χ0n) is 13.8. The topological polar surface area (TPSA) is 53.0 Å². The van der Waals surface area contributed by atoms with E-state index >= 15 is 0 Å². The highest BCUT2D eigenvalue weighted by atomic mass is 16.5. The standard InChI is InChI=1S/C18H26N2O3/c1-14(21)17-5-6-20(13-17)18(22)16-4-2-3-15(11-16)12-19-7-9-23-10-8-19/h2-4,11,14,17,21H,5-10,12-13H2,1H3. The smallest absolute Gasteiger partial charge is 0.253 e. The van der Waals surface area contributed by atoms with E-state index in [1.165, 1.54) is 5.56 Å². The first-order valence-corrected chi connectivity index (χ1v) is 8.50. The minimum atomic E-state index is -0.347. The third-order valence-electron chi connectivity index (χ3n) is 4.88. The molecule has 0 aliphatic carbocycles. The summed E-state index contributed by atoms with van der Waals surface area (Å²) in [4.78, 5) is 16.9. The minimum Gasteiger partial charge on any atom is -0.393 e. The number of ether oxygens (including phenoxy) is 1. The molecule has 0 radical (unpaired) electrons. The molecule has 1 aromatic rings. The maximum Gasteiger partial charge on any atom is 0.253 e. The number of morpholine rings is 1. The highest BCUT2D eigenvalue weighted by molar-refractivity contribution is 5.94. The summed E-state index contributed by atoms with van der Waals surface area (Å²) in [5, 5.41) is 9.69. The lowest BCUT2D eigenvalue weighted by Gasteiger charge is -2.26. The summed E-state index contributed by atoms with van der Waals surface area (Å²) >= 11 is 0. The number of carbonyl (C=O) groups excluding carboxylic acids is 1. The van der Waals surface area contributed by atoms with Crippen LogP contribution in [0, 0.1) is 5.92 Å². The van der Waals surface area contributed by atoms with Gasteiger partial charge in [-0.2, -0.15) is 0 Å². The first kappa shape index (κ1) is 16.4. The number of hydrogen-bond donors (Lipinski definition) is 1. The molecule has 2 heterocycles. The van der Waals surface area contributed by atoms with Gasteiger partial charge < -0.3 is 14.7 Å². The summed E-state index contributed by atoms with van der Waals surface area (Å²) in [6.07, 6.45) is 0.539. The van der Waals surface area contributed by atoms with Gasteiger partial charge in [-0.15, -0.1) is 0 Å². The molecule has 2 fully saturated rings. The van der Waals surface area contributed by atoms with Crippen molar-refractivity contribution < 1.29 is 14.6 Å². The Morgan fingerprint density at radius 2 is 2.13 bits per heavy atom. The predicted octanol–water partition coefficient (Wildman–Crippen LogP) is 1.36. The van der Waals surface area contributed by atoms with E-state index in [0.29, 0.717) is 6.54 Å². The minimum absolute atomic E-state index is 0.0805. The SMILES string of the molecule is CC(O)C1CCN(C(=O)c2cccc(CN3CCOCC3)c2)C1. The Bertz CT molecular complexity index is 541. The molecule has 1 amide bonds. The van der Waals surface area contributed by atoms with E-state index in [1.54, 1.807) is 0 Å². The lowest BCUT2D eigenvalue weighted by atomic mass is 10.0. The number of benzene rings is 1. The molecule has 0 saturated carbocycles. The Morgan fingerprint density at radius 3 is 2.83 bits per heavy atom. The second-order valence-electron chi connectivity index (χ2n) is 6.63. The summed E-state index contributed by atoms with van der Waals surface area (Å²) < 4.78 is 5.37. The normalized spacial score (nSPS) is 23.9. The van der Waals surface area contributed by atoms with Crippen molar-refractivity contribution in [3.05, 3.63) is 35.4 Å². The van der Waals surface area contributed by atoms with Crippen LogP contribution in [0.4, 0.5) is 0 Å². The van der Waals surface area contributed by atoms with E-state index in [0.717, 1.165) is 51.4 Å². The third kappa shape index (κ3) is 4.10. The van der Waals surface area contributed by atoms with Crippen LogP contribution < -0.4 is 0 Å². The van der Waals surface area contributed by atoms with Crippen LogP contribution in [0.1, 0.15) is 29.3 Å². The van der Waals surface area contributed by atoms with E-state index in [2.05, 4.69) is 11.0 Å². The summed E-state index contributed by atoms with van der Waals surface area (Å²) in [6.45, 7) is 7.52. The Balaban J connectivity index is 1.63. The highest BCUT2D eigenvalue weighted by Crippen LogP contribution is 2.22. The molecular formula is C18H26N2O3. The number of likely N-dealkylation sites (tertiary alicyclic amines) is 1. The largest absolute Gasteiger partial charge is 0.393 e. The number of carbonyl (C=O) groups is 1. The van der Waals surface area contributed by atoms with Crippen molar-refractivity contribution in [1.82, 2.24) is 9.80 Å². The Hall–Kier alpha value is -1.43. The van der Waals surface area contributed by atoms with Crippen LogP contribution >= 0.6 is 0 Å². The van der Waals surface area contributed by atoms with Gasteiger partial charge in [-0.25, -0.2) is 0 Å². The van der Waals surface area contributed by atoms with Gasteiger partial charge in [0.2, 0.25) is 0 Å². The van der Waals surface area contributed by atoms with Crippen LogP contribution in [-0.2, 0) is 11.3 Å². The summed E-state index contributed by atoms with van der Waals surface area (Å²) in [5.74, 6) is 0.285. The van der Waals surface area contributed by atoms with Crippen LogP contribution in [0.15, 0.2) is 24.3 Å². The van der Waals surface area contributed by atoms with Gasteiger partial charge in [-0.1, -0.05) is 12.1 Å². The molecule has 5 nitrogen and oxygen atoms in total. The average molecular weight is 318 g/mol. The molecule has 2 aliphatic rings. The summed E-state index contributed by atoms with van der Waals surface area (Å²) in [6, 6.07) is 7.94. The first-order valence-electron chi connectivity index (χ1n) is 8.50. The molecular weight excluding hydrogens is 292 g/mol. The van der Waals surface area contributed by atoms with Crippen molar-refractivity contribution in [2.24, 2.45) is 5.92 Å². The van der Waals surface area contributed by atoms with Gasteiger partial charge in [0.1, 0.15) is 0 Å². The van der Waals surface area contributed by atoms with Crippen molar-refractivity contribution in [1.29, 1.82) is 0 Å². The molecule has 2 unspecified atom stereocenters. The van der Waals surface area contributed by atoms with E-state index in [-0.39, 0.29) is 17.9 Å². The van der Waals surface area contributed by atoms with Gasteiger partial charge in [0.15, 0.2) is 0 Å². The number of aliphatic hydroxyl groups excluding tert-OH is 1. The maximum absolute atomic E-state index is 12.7. The molecule has 5 heteroatoms. The lowest BCUT2D eigenvalue weighted by molar-refractivity contribution is 0.0341. The van der Waals surface area contributed by atoms with Crippen LogP contribution in [0.3, 0.4) is 0 Å². The van der Waals surface area contributed by atoms with Crippen molar-refractivity contribution in [2.45, 2.75) is 26.0 Å². The molecule has 2 aliphatic heterocycles. The fraction of sp³-hybridized carbons (Fsp3) is 0.611. The Kier molecular flexibility index (Phi) is 5.30. The van der Waals surface area contributed by atoms with Gasteiger partial charge in [0.05, 0.1) is 19.3 Å². The Morgan fingerprint density at radius 1 is 1.35 bits per heavy atom. The van der Waals surface area contributed by atoms with Crippen LogP contribution in [-0.4, -0.2) is 66.3 Å². The molecule has 0 aromatic heterocycles. The third-order valence-corrected chi connectivity index (χ3v) is 4.88. The molecule has 0 bridgehead atoms. The lowest BCUT2D eigenvalue weighted by Crippen LogP contribution is -2.35. The van der Waals surface area contributed by atoms with Gasteiger partial charge in [-0.05, 0) is 31.0 Å². The molecule has 2 atom stereocenters. The van der Waals surface area contributed by atoms with E-state index in [9.17, 15) is 9.90 Å². The van der Waals surface area contributed by atoms with E-state index < -0.39 is 0 Å². The molecule has 0 spiro atoms. The number of rotatable bonds is 4. The molecule has 1 aromatic carbocycles.